The van der Waals surface area contributed by atoms with Crippen molar-refractivity contribution < 1.29 is 4.79 Å². The summed E-state index contributed by atoms with van der Waals surface area (Å²) in [6.07, 6.45) is 4.54. The Morgan fingerprint density at radius 2 is 2.28 bits per heavy atom. The minimum absolute atomic E-state index is 0.0171. The number of hydrogen-bond donors (Lipinski definition) is 1. The predicted octanol–water partition coefficient (Wildman–Crippen LogP) is 2.84. The van der Waals surface area contributed by atoms with Gasteiger partial charge < -0.3 is 5.32 Å². The smallest absolute Gasteiger partial charge is 0.252 e. The van der Waals surface area contributed by atoms with Crippen molar-refractivity contribution in [3.8, 4) is 0 Å². The highest BCUT2D eigenvalue weighted by atomic mass is 32.2. The van der Waals surface area contributed by atoms with E-state index in [1.807, 2.05) is 35.9 Å². The SMILES string of the molecule is CSc1ccccc1C(=O)NCCc1nccs1. The first-order valence-corrected chi connectivity index (χ1v) is 7.71. The number of nitrogens with one attached hydrogen (secondary N) is 1. The van der Waals surface area contributed by atoms with Crippen molar-refractivity contribution in [2.45, 2.75) is 11.3 Å². The fourth-order valence-corrected chi connectivity index (χ4v) is 2.80. The molecule has 1 N–H and O–H groups in total. The fourth-order valence-electron chi connectivity index (χ4n) is 1.59. The molecule has 0 bridgehead atoms. The van der Waals surface area contributed by atoms with Crippen LogP contribution in [0.1, 0.15) is 15.4 Å². The maximum absolute atomic E-state index is 12.0. The molecule has 1 aromatic heterocycles. The number of rotatable bonds is 5. The highest BCUT2D eigenvalue weighted by Gasteiger charge is 2.09. The molecule has 5 heteroatoms. The van der Waals surface area contributed by atoms with Crippen LogP contribution in [0.25, 0.3) is 0 Å². The average molecular weight is 278 g/mol. The van der Waals surface area contributed by atoms with Crippen molar-refractivity contribution in [1.29, 1.82) is 0 Å². The molecule has 0 saturated heterocycles. The Labute approximate surface area is 115 Å². The molecule has 0 unspecified atom stereocenters. The van der Waals surface area contributed by atoms with Crippen molar-refractivity contribution >= 4 is 29.0 Å². The number of nitrogens with zero attached hydrogens (tertiary/aromatic N) is 1. The van der Waals surface area contributed by atoms with E-state index in [1.165, 1.54) is 0 Å². The van der Waals surface area contributed by atoms with Gasteiger partial charge in [-0.2, -0.15) is 0 Å². The van der Waals surface area contributed by atoms with Crippen molar-refractivity contribution in [2.75, 3.05) is 12.8 Å². The van der Waals surface area contributed by atoms with Crippen molar-refractivity contribution in [3.05, 3.63) is 46.4 Å². The number of thiazole rings is 1. The molecule has 0 aliphatic carbocycles. The van der Waals surface area contributed by atoms with Gasteiger partial charge in [0.25, 0.3) is 5.91 Å². The summed E-state index contributed by atoms with van der Waals surface area (Å²) in [7, 11) is 0. The second-order valence-corrected chi connectivity index (χ2v) is 5.46. The molecule has 1 aromatic carbocycles. The minimum atomic E-state index is -0.0171. The third kappa shape index (κ3) is 3.34. The Bertz CT molecular complexity index is 511. The van der Waals surface area contributed by atoms with Gasteiger partial charge in [-0.05, 0) is 18.4 Å². The second-order valence-electron chi connectivity index (χ2n) is 3.63. The Balaban J connectivity index is 1.91. The summed E-state index contributed by atoms with van der Waals surface area (Å²) in [6.45, 7) is 0.620. The molecule has 0 saturated carbocycles. The molecule has 0 atom stereocenters. The summed E-state index contributed by atoms with van der Waals surface area (Å²) >= 11 is 3.20. The summed E-state index contributed by atoms with van der Waals surface area (Å²) in [5.74, 6) is -0.0171. The van der Waals surface area contributed by atoms with Crippen LogP contribution in [0.3, 0.4) is 0 Å². The Morgan fingerprint density at radius 1 is 1.44 bits per heavy atom. The normalized spacial score (nSPS) is 10.3. The Hall–Kier alpha value is -1.33. The van der Waals surface area contributed by atoms with Gasteiger partial charge in [-0.15, -0.1) is 23.1 Å². The molecular formula is C13H14N2OS2. The third-order valence-electron chi connectivity index (χ3n) is 2.46. The van der Waals surface area contributed by atoms with Crippen LogP contribution in [0, 0.1) is 0 Å². The summed E-state index contributed by atoms with van der Waals surface area (Å²) < 4.78 is 0. The molecule has 0 aliphatic rings. The van der Waals surface area contributed by atoms with E-state index < -0.39 is 0 Å². The van der Waals surface area contributed by atoms with Crippen LogP contribution in [0.2, 0.25) is 0 Å². The largest absolute Gasteiger partial charge is 0.352 e. The van der Waals surface area contributed by atoms with E-state index in [-0.39, 0.29) is 5.91 Å². The molecule has 0 spiro atoms. The fraction of sp³-hybridized carbons (Fsp3) is 0.231. The van der Waals surface area contributed by atoms with Crippen LogP contribution >= 0.6 is 23.1 Å². The van der Waals surface area contributed by atoms with E-state index in [9.17, 15) is 4.79 Å². The minimum Gasteiger partial charge on any atom is -0.352 e. The van der Waals surface area contributed by atoms with Gasteiger partial charge in [0.05, 0.1) is 10.6 Å². The quantitative estimate of drug-likeness (QED) is 0.855. The second kappa shape index (κ2) is 6.56. The molecule has 3 nitrogen and oxygen atoms in total. The van der Waals surface area contributed by atoms with Crippen LogP contribution in [0.5, 0.6) is 0 Å². The molecular weight excluding hydrogens is 264 g/mol. The molecule has 18 heavy (non-hydrogen) atoms. The van der Waals surface area contributed by atoms with Gasteiger partial charge >= 0.3 is 0 Å². The first-order valence-electron chi connectivity index (χ1n) is 5.61. The summed E-state index contributed by atoms with van der Waals surface area (Å²) in [5.41, 5.74) is 0.740. The molecule has 2 rings (SSSR count). The molecule has 1 amide bonds. The summed E-state index contributed by atoms with van der Waals surface area (Å²) in [6, 6.07) is 7.64. The van der Waals surface area contributed by atoms with E-state index in [1.54, 1.807) is 29.3 Å². The van der Waals surface area contributed by atoms with E-state index in [0.29, 0.717) is 6.54 Å². The predicted molar refractivity (Wildman–Crippen MR) is 76.4 cm³/mol. The molecule has 0 aliphatic heterocycles. The molecule has 94 valence electrons. The van der Waals surface area contributed by atoms with Gasteiger partial charge in [-0.25, -0.2) is 4.98 Å². The molecule has 0 radical (unpaired) electrons. The van der Waals surface area contributed by atoms with Crippen LogP contribution in [0.15, 0.2) is 40.7 Å². The zero-order valence-electron chi connectivity index (χ0n) is 10.1. The Morgan fingerprint density at radius 3 is 3.00 bits per heavy atom. The summed E-state index contributed by atoms with van der Waals surface area (Å²) in [5, 5.41) is 5.92. The third-order valence-corrected chi connectivity index (χ3v) is 4.09. The number of thioether (sulfide) groups is 1. The number of hydrogen-bond acceptors (Lipinski definition) is 4. The number of carbonyl (C=O) groups is 1. The molecule has 2 aromatic rings. The van der Waals surface area contributed by atoms with Crippen molar-refractivity contribution in [1.82, 2.24) is 10.3 Å². The van der Waals surface area contributed by atoms with Gasteiger partial charge in [0.15, 0.2) is 0 Å². The lowest BCUT2D eigenvalue weighted by Crippen LogP contribution is -2.26. The van der Waals surface area contributed by atoms with Crippen LogP contribution in [-0.2, 0) is 6.42 Å². The number of aromatic nitrogens is 1. The zero-order valence-corrected chi connectivity index (χ0v) is 11.7. The van der Waals surface area contributed by atoms with E-state index in [4.69, 9.17) is 0 Å². The van der Waals surface area contributed by atoms with Crippen molar-refractivity contribution in [2.24, 2.45) is 0 Å². The van der Waals surface area contributed by atoms with Gasteiger partial charge in [0, 0.05) is 29.4 Å². The number of benzene rings is 1. The maximum Gasteiger partial charge on any atom is 0.252 e. The molecule has 1 heterocycles. The average Bonchev–Trinajstić information content (AvgIpc) is 2.91. The Kier molecular flexibility index (Phi) is 4.78. The maximum atomic E-state index is 12.0. The highest BCUT2D eigenvalue weighted by Crippen LogP contribution is 2.19. The monoisotopic (exact) mass is 278 g/mol. The van der Waals surface area contributed by atoms with E-state index >= 15 is 0 Å². The van der Waals surface area contributed by atoms with Crippen LogP contribution < -0.4 is 5.32 Å². The molecule has 0 fully saturated rings. The zero-order chi connectivity index (χ0) is 12.8. The number of carbonyl (C=O) groups excluding carboxylic acids is 1. The lowest BCUT2D eigenvalue weighted by atomic mass is 10.2. The lowest BCUT2D eigenvalue weighted by molar-refractivity contribution is 0.0951. The van der Waals surface area contributed by atoms with Gasteiger partial charge in [-0.1, -0.05) is 12.1 Å². The van der Waals surface area contributed by atoms with Gasteiger partial charge in [0.2, 0.25) is 0 Å². The first-order chi connectivity index (χ1) is 8.81. The standard InChI is InChI=1S/C13H14N2OS2/c1-17-11-5-3-2-4-10(11)13(16)15-7-6-12-14-8-9-18-12/h2-5,8-9H,6-7H2,1H3,(H,15,16). The topological polar surface area (TPSA) is 42.0 Å². The van der Waals surface area contributed by atoms with Crippen molar-refractivity contribution in [3.63, 3.8) is 0 Å². The van der Waals surface area contributed by atoms with Gasteiger partial charge in [0.1, 0.15) is 0 Å². The van der Waals surface area contributed by atoms with E-state index in [2.05, 4.69) is 10.3 Å². The lowest BCUT2D eigenvalue weighted by Gasteiger charge is -2.07. The van der Waals surface area contributed by atoms with Gasteiger partial charge in [-0.3, -0.25) is 4.79 Å². The van der Waals surface area contributed by atoms with Crippen LogP contribution in [0.4, 0.5) is 0 Å². The van der Waals surface area contributed by atoms with E-state index in [0.717, 1.165) is 21.9 Å². The number of amides is 1. The summed E-state index contributed by atoms with van der Waals surface area (Å²) in [4.78, 5) is 17.2. The highest BCUT2D eigenvalue weighted by molar-refractivity contribution is 7.98. The van der Waals surface area contributed by atoms with Crippen LogP contribution in [-0.4, -0.2) is 23.7 Å². The first kappa shape index (κ1) is 13.1.